The number of amides is 3. The smallest absolute Gasteiger partial charge is 0.327 e. The van der Waals surface area contributed by atoms with Crippen molar-refractivity contribution in [1.82, 2.24) is 16.0 Å². The van der Waals surface area contributed by atoms with Gasteiger partial charge in [-0.05, 0) is 20.3 Å². The summed E-state index contributed by atoms with van der Waals surface area (Å²) >= 11 is 3.81. The molecule has 4 atom stereocenters. The zero-order valence-corrected chi connectivity index (χ0v) is 15.3. The third-order valence-electron chi connectivity index (χ3n) is 3.31. The van der Waals surface area contributed by atoms with Crippen LogP contribution in [0.2, 0.25) is 0 Å². The fraction of sp³-hybridized carbons (Fsp3) is 0.643. The zero-order valence-electron chi connectivity index (χ0n) is 14.4. The first-order valence-electron chi connectivity index (χ1n) is 7.71. The van der Waals surface area contributed by atoms with Crippen LogP contribution in [0.15, 0.2) is 0 Å². The first-order valence-corrected chi connectivity index (χ1v) is 8.35. The van der Waals surface area contributed by atoms with Crippen LogP contribution >= 0.6 is 12.6 Å². The van der Waals surface area contributed by atoms with E-state index in [-0.39, 0.29) is 18.6 Å². The van der Waals surface area contributed by atoms with Crippen LogP contribution in [0.1, 0.15) is 26.7 Å². The van der Waals surface area contributed by atoms with E-state index < -0.39 is 53.8 Å². The summed E-state index contributed by atoms with van der Waals surface area (Å²) in [4.78, 5) is 57.0. The second-order valence-corrected chi connectivity index (χ2v) is 5.95. The molecule has 11 nitrogen and oxygen atoms in total. The lowest BCUT2D eigenvalue weighted by molar-refractivity contribution is -0.141. The summed E-state index contributed by atoms with van der Waals surface area (Å²) in [5.74, 6) is -4.60. The van der Waals surface area contributed by atoms with Crippen molar-refractivity contribution >= 4 is 42.3 Å². The zero-order chi connectivity index (χ0) is 20.4. The van der Waals surface area contributed by atoms with Crippen molar-refractivity contribution < 1.29 is 34.2 Å². The predicted octanol–water partition coefficient (Wildman–Crippen LogP) is -2.31. The van der Waals surface area contributed by atoms with Crippen molar-refractivity contribution in [3.05, 3.63) is 0 Å². The molecule has 0 aromatic carbocycles. The standard InChI is InChI=1S/C14H24N4O7S/c1-6(17-13(23)8(15)3-4-10(19)20)11(21)16-7(2)12(22)18-9(5-26)14(24)25/h6-9,26H,3-5,15H2,1-2H3,(H,16,21)(H,17,23)(H,18,22)(H,19,20)(H,24,25). The van der Waals surface area contributed by atoms with E-state index in [1.165, 1.54) is 13.8 Å². The molecule has 0 aromatic heterocycles. The van der Waals surface area contributed by atoms with E-state index in [1.807, 2.05) is 0 Å². The van der Waals surface area contributed by atoms with Gasteiger partial charge < -0.3 is 31.9 Å². The Morgan fingerprint density at radius 3 is 1.81 bits per heavy atom. The highest BCUT2D eigenvalue weighted by atomic mass is 32.1. The minimum Gasteiger partial charge on any atom is -0.481 e. The van der Waals surface area contributed by atoms with E-state index in [0.717, 1.165) is 0 Å². The summed E-state index contributed by atoms with van der Waals surface area (Å²) in [7, 11) is 0. The summed E-state index contributed by atoms with van der Waals surface area (Å²) in [6.45, 7) is 2.70. The third-order valence-corrected chi connectivity index (χ3v) is 3.67. The van der Waals surface area contributed by atoms with Crippen molar-refractivity contribution in [3.8, 4) is 0 Å². The minimum atomic E-state index is -1.26. The van der Waals surface area contributed by atoms with Gasteiger partial charge in [0.25, 0.3) is 0 Å². The van der Waals surface area contributed by atoms with Crippen molar-refractivity contribution in [1.29, 1.82) is 0 Å². The second-order valence-electron chi connectivity index (χ2n) is 5.58. The monoisotopic (exact) mass is 392 g/mol. The van der Waals surface area contributed by atoms with Gasteiger partial charge in [-0.2, -0.15) is 12.6 Å². The molecule has 0 radical (unpaired) electrons. The number of nitrogens with two attached hydrogens (primary N) is 1. The fourth-order valence-electron chi connectivity index (χ4n) is 1.68. The number of nitrogens with one attached hydrogen (secondary N) is 3. The number of carbonyl (C=O) groups excluding carboxylic acids is 3. The van der Waals surface area contributed by atoms with Gasteiger partial charge in [0.15, 0.2) is 0 Å². The molecule has 0 fully saturated rings. The van der Waals surface area contributed by atoms with E-state index in [2.05, 4.69) is 28.6 Å². The van der Waals surface area contributed by atoms with Gasteiger partial charge in [0, 0.05) is 12.2 Å². The van der Waals surface area contributed by atoms with Crippen LogP contribution in [0.3, 0.4) is 0 Å². The largest absolute Gasteiger partial charge is 0.481 e. The average Bonchev–Trinajstić information content (AvgIpc) is 2.56. The molecule has 0 saturated heterocycles. The molecule has 3 amide bonds. The van der Waals surface area contributed by atoms with Gasteiger partial charge in [-0.25, -0.2) is 4.79 Å². The number of thiol groups is 1. The van der Waals surface area contributed by atoms with E-state index >= 15 is 0 Å². The Bertz CT molecular complexity index is 557. The van der Waals surface area contributed by atoms with Gasteiger partial charge in [-0.3, -0.25) is 19.2 Å². The second kappa shape index (κ2) is 11.3. The van der Waals surface area contributed by atoms with Gasteiger partial charge >= 0.3 is 11.9 Å². The number of aliphatic carboxylic acids is 2. The molecule has 12 heteroatoms. The molecular weight excluding hydrogens is 368 g/mol. The third kappa shape index (κ3) is 8.67. The fourth-order valence-corrected chi connectivity index (χ4v) is 1.93. The Kier molecular flexibility index (Phi) is 10.3. The first kappa shape index (κ1) is 23.7. The molecule has 0 heterocycles. The summed E-state index contributed by atoms with van der Waals surface area (Å²) < 4.78 is 0. The lowest BCUT2D eigenvalue weighted by Crippen LogP contribution is -2.55. The molecule has 0 bridgehead atoms. The summed E-state index contributed by atoms with van der Waals surface area (Å²) in [5.41, 5.74) is 5.53. The van der Waals surface area contributed by atoms with Gasteiger partial charge in [0.1, 0.15) is 18.1 Å². The van der Waals surface area contributed by atoms with Gasteiger partial charge in [-0.1, -0.05) is 0 Å². The molecule has 26 heavy (non-hydrogen) atoms. The maximum atomic E-state index is 12.0. The number of carbonyl (C=O) groups is 5. The van der Waals surface area contributed by atoms with Gasteiger partial charge in [0.2, 0.25) is 17.7 Å². The lowest BCUT2D eigenvalue weighted by atomic mass is 10.1. The van der Waals surface area contributed by atoms with Crippen LogP contribution in [-0.2, 0) is 24.0 Å². The molecule has 0 spiro atoms. The Balaban J connectivity index is 4.51. The van der Waals surface area contributed by atoms with Crippen LogP contribution in [0.25, 0.3) is 0 Å². The highest BCUT2D eigenvalue weighted by Crippen LogP contribution is 1.97. The van der Waals surface area contributed by atoms with E-state index in [9.17, 15) is 24.0 Å². The SMILES string of the molecule is CC(NC(=O)C(N)CCC(=O)O)C(=O)NC(C)C(=O)NC(CS)C(=O)O. The van der Waals surface area contributed by atoms with Gasteiger partial charge in [0.05, 0.1) is 6.04 Å². The highest BCUT2D eigenvalue weighted by molar-refractivity contribution is 7.80. The molecular formula is C14H24N4O7S. The topological polar surface area (TPSA) is 188 Å². The van der Waals surface area contributed by atoms with E-state index in [1.54, 1.807) is 0 Å². The van der Waals surface area contributed by atoms with E-state index in [4.69, 9.17) is 15.9 Å². The van der Waals surface area contributed by atoms with Crippen LogP contribution < -0.4 is 21.7 Å². The van der Waals surface area contributed by atoms with Crippen LogP contribution in [0.5, 0.6) is 0 Å². The average molecular weight is 392 g/mol. The quantitative estimate of drug-likeness (QED) is 0.191. The van der Waals surface area contributed by atoms with Crippen LogP contribution in [0, 0.1) is 0 Å². The molecule has 0 rings (SSSR count). The molecule has 0 aliphatic heterocycles. The minimum absolute atomic E-state index is 0.0887. The van der Waals surface area contributed by atoms with E-state index in [0.29, 0.717) is 0 Å². The summed E-state index contributed by atoms with van der Waals surface area (Å²) in [6, 6.07) is -4.37. The molecule has 7 N–H and O–H groups in total. The number of hydrogen-bond donors (Lipinski definition) is 7. The van der Waals surface area contributed by atoms with Crippen LogP contribution in [0.4, 0.5) is 0 Å². The Labute approximate surface area is 155 Å². The Hall–Kier alpha value is -2.34. The molecule has 148 valence electrons. The number of hydrogen-bond acceptors (Lipinski definition) is 7. The molecule has 0 aromatic rings. The maximum absolute atomic E-state index is 12.0. The number of carboxylic acid groups (broad SMARTS) is 2. The Morgan fingerprint density at radius 2 is 1.38 bits per heavy atom. The lowest BCUT2D eigenvalue weighted by Gasteiger charge is -2.21. The molecule has 0 aliphatic rings. The van der Waals surface area contributed by atoms with Crippen molar-refractivity contribution in [2.24, 2.45) is 5.73 Å². The predicted molar refractivity (Wildman–Crippen MR) is 93.5 cm³/mol. The Morgan fingerprint density at radius 1 is 0.923 bits per heavy atom. The molecule has 4 unspecified atom stereocenters. The normalized spacial score (nSPS) is 15.1. The number of rotatable bonds is 11. The first-order chi connectivity index (χ1) is 12.0. The van der Waals surface area contributed by atoms with Crippen molar-refractivity contribution in [3.63, 3.8) is 0 Å². The summed E-state index contributed by atoms with van der Waals surface area (Å²) in [5, 5.41) is 24.2. The van der Waals surface area contributed by atoms with Crippen molar-refractivity contribution in [2.75, 3.05) is 5.75 Å². The maximum Gasteiger partial charge on any atom is 0.327 e. The molecule has 0 saturated carbocycles. The van der Waals surface area contributed by atoms with Crippen LogP contribution in [-0.4, -0.2) is 69.8 Å². The summed E-state index contributed by atoms with van der Waals surface area (Å²) in [6.07, 6.45) is -0.378. The number of carboxylic acids is 2. The van der Waals surface area contributed by atoms with Gasteiger partial charge in [-0.15, -0.1) is 0 Å². The highest BCUT2D eigenvalue weighted by Gasteiger charge is 2.25. The van der Waals surface area contributed by atoms with Crippen molar-refractivity contribution in [2.45, 2.75) is 50.9 Å². The molecule has 0 aliphatic carbocycles.